The molecule has 3 heteroatoms. The number of allylic oxidation sites excluding steroid dienone is 4. The molecule has 0 saturated heterocycles. The molecule has 0 bridgehead atoms. The molecule has 2 aromatic carbocycles. The van der Waals surface area contributed by atoms with E-state index >= 15 is 0 Å². The van der Waals surface area contributed by atoms with Crippen molar-refractivity contribution >= 4 is 10.8 Å². The molecule has 0 N–H and O–H groups in total. The minimum atomic E-state index is 0. The van der Waals surface area contributed by atoms with Crippen molar-refractivity contribution in [1.82, 2.24) is 0 Å². The summed E-state index contributed by atoms with van der Waals surface area (Å²) in [6, 6.07) is 14.7. The van der Waals surface area contributed by atoms with Gasteiger partial charge in [0.1, 0.15) is 0 Å². The third kappa shape index (κ3) is 17.9. The Bertz CT molecular complexity index is 537. The van der Waals surface area contributed by atoms with Gasteiger partial charge in [-0.3, -0.25) is 6.08 Å². The molecule has 25 heavy (non-hydrogen) atoms. The van der Waals surface area contributed by atoms with Crippen LogP contribution >= 0.6 is 0 Å². The molecule has 0 heterocycles. The van der Waals surface area contributed by atoms with E-state index in [-0.39, 0.29) is 65.9 Å². The molecule has 0 aromatic heterocycles. The maximum absolute atomic E-state index is 6.46. The van der Waals surface area contributed by atoms with Gasteiger partial charge in [0.05, 0.1) is 0 Å². The third-order valence-electron chi connectivity index (χ3n) is 2.79. The second kappa shape index (κ2) is 25.6. The number of hydrogen-bond donors (Lipinski definition) is 0. The van der Waals surface area contributed by atoms with Crippen LogP contribution in [0.2, 0.25) is 0 Å². The Labute approximate surface area is 187 Å². The van der Waals surface area contributed by atoms with Gasteiger partial charge in [0.2, 0.25) is 0 Å². The van der Waals surface area contributed by atoms with Crippen LogP contribution in [0.1, 0.15) is 40.0 Å². The van der Waals surface area contributed by atoms with E-state index in [1.165, 1.54) is 17.2 Å². The Morgan fingerprint density at radius 3 is 2.28 bits per heavy atom. The number of unbranched alkanes of at least 4 members (excludes halogenated alkanes) is 2. The molecule has 138 valence electrons. The molecule has 0 unspecified atom stereocenters. The van der Waals surface area contributed by atoms with Gasteiger partial charge >= 0.3 is 26.2 Å². The largest absolute Gasteiger partial charge is 2.00 e. The van der Waals surface area contributed by atoms with E-state index in [2.05, 4.69) is 67.5 Å². The van der Waals surface area contributed by atoms with Crippen LogP contribution in [-0.2, 0) is 26.2 Å². The molecule has 3 rings (SSSR count). The quantitative estimate of drug-likeness (QED) is 0.357. The number of rotatable bonds is 2. The van der Waals surface area contributed by atoms with Gasteiger partial charge in [-0.1, -0.05) is 26.8 Å². The van der Waals surface area contributed by atoms with Crippen LogP contribution in [0.25, 0.3) is 10.8 Å². The van der Waals surface area contributed by atoms with Gasteiger partial charge in [-0.25, -0.2) is 12.2 Å². The predicted octanol–water partition coefficient (Wildman–Crippen LogP) is 0.723. The fourth-order valence-electron chi connectivity index (χ4n) is 1.68. The molecule has 1 aliphatic rings. The van der Waals surface area contributed by atoms with E-state index in [4.69, 9.17) is 6.42 Å². The first-order valence-electron chi connectivity index (χ1n) is 7.10. The van der Waals surface area contributed by atoms with Crippen molar-refractivity contribution in [3.8, 4) is 5.92 Å². The minimum absolute atomic E-state index is 0. The Hall–Kier alpha value is -0.667. The van der Waals surface area contributed by atoms with E-state index in [0.29, 0.717) is 0 Å². The summed E-state index contributed by atoms with van der Waals surface area (Å²) in [6.07, 6.45) is 19.6. The van der Waals surface area contributed by atoms with E-state index in [0.717, 1.165) is 19.3 Å². The molecule has 0 atom stereocenters. The number of fused-ring (bicyclic) bond motifs is 1. The Morgan fingerprint density at radius 1 is 1.20 bits per heavy atom. The average Bonchev–Trinajstić information content (AvgIpc) is 3.18. The SMILES string of the molecule is C.[C-]#CCCCC.[C-]1=CC=CC1.[CH3-].[Cl-].[Cl-].[Zr+2].c1ccc2[cH-]ccc2c1. The summed E-state index contributed by atoms with van der Waals surface area (Å²) < 4.78 is 0. The first kappa shape index (κ1) is 35.4. The molecule has 2 aromatic rings. The first-order chi connectivity index (χ1) is 9.88. The zero-order chi connectivity index (χ0) is 14.5. The van der Waals surface area contributed by atoms with Crippen LogP contribution in [0.4, 0.5) is 0 Å². The molecule has 1 aliphatic carbocycles. The fraction of sp³-hybridized carbons (Fsp3) is 0.273. The van der Waals surface area contributed by atoms with Crippen molar-refractivity contribution in [2.75, 3.05) is 0 Å². The van der Waals surface area contributed by atoms with Crippen molar-refractivity contribution in [2.45, 2.75) is 40.0 Å². The molecule has 0 saturated carbocycles. The van der Waals surface area contributed by atoms with Crippen molar-refractivity contribution in [3.05, 3.63) is 80.6 Å². The Morgan fingerprint density at radius 2 is 1.88 bits per heavy atom. The number of benzene rings is 1. The summed E-state index contributed by atoms with van der Waals surface area (Å²) >= 11 is 0. The predicted molar refractivity (Wildman–Crippen MR) is 101 cm³/mol. The Balaban J connectivity index is -0.0000000759. The van der Waals surface area contributed by atoms with E-state index in [1.807, 2.05) is 12.2 Å². The van der Waals surface area contributed by atoms with Crippen LogP contribution in [-0.4, -0.2) is 0 Å². The standard InChI is InChI=1S/C9H7.C6H9.C5H5.CH4.CH3.2ClH.Zr/c1-2-5-9-7-3-6-8(9)4-1;1-3-5-6-4-2;1-2-4-5-3-1;;;;;/h1-7H;3,5-6H2,1H3;1-3H,4H2;1H4;1H3;2*1H;/q3*-1;;-1;;;+2/p-2. The second-order valence-corrected chi connectivity index (χ2v) is 4.44. The summed E-state index contributed by atoms with van der Waals surface area (Å²) in [5, 5.41) is 2.66. The zero-order valence-electron chi connectivity index (χ0n) is 14.4. The summed E-state index contributed by atoms with van der Waals surface area (Å²) in [4.78, 5) is 0. The zero-order valence-corrected chi connectivity index (χ0v) is 18.3. The third-order valence-corrected chi connectivity index (χ3v) is 2.79. The van der Waals surface area contributed by atoms with Crippen LogP contribution in [0.15, 0.2) is 60.7 Å². The summed E-state index contributed by atoms with van der Waals surface area (Å²) in [5.74, 6) is 2.32. The van der Waals surface area contributed by atoms with Gasteiger partial charge in [-0.05, 0) is 12.8 Å². The van der Waals surface area contributed by atoms with Gasteiger partial charge in [0.15, 0.2) is 0 Å². The van der Waals surface area contributed by atoms with Gasteiger partial charge in [-0.2, -0.15) is 23.6 Å². The van der Waals surface area contributed by atoms with Crippen molar-refractivity contribution < 1.29 is 51.0 Å². The van der Waals surface area contributed by atoms with Crippen LogP contribution in [0.5, 0.6) is 0 Å². The first-order valence-corrected chi connectivity index (χ1v) is 7.10. The van der Waals surface area contributed by atoms with E-state index in [9.17, 15) is 0 Å². The van der Waals surface area contributed by atoms with E-state index in [1.54, 1.807) is 0 Å². The number of halogens is 2. The van der Waals surface area contributed by atoms with Crippen molar-refractivity contribution in [3.63, 3.8) is 0 Å². The smallest absolute Gasteiger partial charge is 1.00 e. The van der Waals surface area contributed by atoms with Gasteiger partial charge in [0.25, 0.3) is 0 Å². The summed E-state index contributed by atoms with van der Waals surface area (Å²) in [7, 11) is 0. The molecular formula is C22H28Cl2Zr-4. The van der Waals surface area contributed by atoms with Gasteiger partial charge in [-0.15, -0.1) is 36.1 Å². The van der Waals surface area contributed by atoms with Crippen molar-refractivity contribution in [1.29, 1.82) is 0 Å². The molecule has 0 aliphatic heterocycles. The average molecular weight is 455 g/mol. The maximum atomic E-state index is 6.46. The molecule has 0 amide bonds. The van der Waals surface area contributed by atoms with Crippen LogP contribution in [0, 0.1) is 25.8 Å². The monoisotopic (exact) mass is 452 g/mol. The van der Waals surface area contributed by atoms with Crippen LogP contribution in [0.3, 0.4) is 0 Å². The number of hydrogen-bond acceptors (Lipinski definition) is 0. The van der Waals surface area contributed by atoms with Gasteiger partial charge < -0.3 is 44.6 Å². The Kier molecular flexibility index (Phi) is 36.3. The molecule has 0 fully saturated rings. The fourth-order valence-corrected chi connectivity index (χ4v) is 1.68. The topological polar surface area (TPSA) is 0 Å². The second-order valence-electron chi connectivity index (χ2n) is 4.44. The molecular weight excluding hydrogens is 426 g/mol. The van der Waals surface area contributed by atoms with E-state index < -0.39 is 0 Å². The minimum Gasteiger partial charge on any atom is -1.00 e. The normalized spacial score (nSPS) is 8.96. The van der Waals surface area contributed by atoms with Gasteiger partial charge in [0, 0.05) is 0 Å². The van der Waals surface area contributed by atoms with Crippen molar-refractivity contribution in [2.24, 2.45) is 0 Å². The summed E-state index contributed by atoms with van der Waals surface area (Å²) in [5.41, 5.74) is 0. The molecule has 0 spiro atoms. The maximum Gasteiger partial charge on any atom is 2.00 e. The van der Waals surface area contributed by atoms with Crippen LogP contribution < -0.4 is 24.8 Å². The molecule has 0 nitrogen and oxygen atoms in total. The summed E-state index contributed by atoms with van der Waals surface area (Å²) in [6.45, 7) is 2.11. The molecule has 0 radical (unpaired) electrons.